The molecule has 2 heterocycles. The van der Waals surface area contributed by atoms with E-state index in [9.17, 15) is 9.59 Å². The van der Waals surface area contributed by atoms with Gasteiger partial charge in [-0.15, -0.1) is 0 Å². The second kappa shape index (κ2) is 11.3. The molecule has 4 N–H and O–H groups in total. The largest absolute Gasteiger partial charge is 0.459 e. The molecule has 8 heteroatoms. The number of carbonyl (C=O) groups excluding carboxylic acids is 2. The Hall–Kier alpha value is -3.46. The second-order valence-corrected chi connectivity index (χ2v) is 10.4. The number of amides is 1. The molecular formula is C29H36N4O4. The highest BCUT2D eigenvalue weighted by atomic mass is 16.6. The summed E-state index contributed by atoms with van der Waals surface area (Å²) in [5.74, 6) is -0.863. The second-order valence-electron chi connectivity index (χ2n) is 10.4. The maximum absolute atomic E-state index is 13.3. The number of rotatable bonds is 7. The van der Waals surface area contributed by atoms with Crippen LogP contribution in [0, 0.1) is 6.92 Å². The van der Waals surface area contributed by atoms with Crippen LogP contribution in [0.4, 0.5) is 0 Å². The van der Waals surface area contributed by atoms with Crippen molar-refractivity contribution in [1.29, 1.82) is 0 Å². The van der Waals surface area contributed by atoms with Gasteiger partial charge in [-0.3, -0.25) is 19.7 Å². The van der Waals surface area contributed by atoms with Gasteiger partial charge in [0.25, 0.3) is 5.91 Å². The van der Waals surface area contributed by atoms with Crippen LogP contribution in [-0.2, 0) is 20.7 Å². The first kappa shape index (κ1) is 26.6. The van der Waals surface area contributed by atoms with Crippen molar-refractivity contribution in [2.75, 3.05) is 19.6 Å². The van der Waals surface area contributed by atoms with E-state index < -0.39 is 17.6 Å². The van der Waals surface area contributed by atoms with Gasteiger partial charge in [-0.25, -0.2) is 5.48 Å². The number of hydroxylamine groups is 1. The molecule has 0 saturated carbocycles. The summed E-state index contributed by atoms with van der Waals surface area (Å²) in [6, 6.07) is 15.4. The fourth-order valence-corrected chi connectivity index (χ4v) is 4.98. The van der Waals surface area contributed by atoms with E-state index in [-0.39, 0.29) is 12.0 Å². The zero-order valence-electron chi connectivity index (χ0n) is 21.9. The molecule has 196 valence electrons. The van der Waals surface area contributed by atoms with Gasteiger partial charge in [0.15, 0.2) is 0 Å². The van der Waals surface area contributed by atoms with Crippen molar-refractivity contribution in [3.63, 3.8) is 0 Å². The Balaban J connectivity index is 1.61. The van der Waals surface area contributed by atoms with E-state index in [0.29, 0.717) is 6.54 Å². The molecule has 1 fully saturated rings. The van der Waals surface area contributed by atoms with E-state index in [2.05, 4.69) is 40.3 Å². The van der Waals surface area contributed by atoms with Gasteiger partial charge in [0.2, 0.25) is 0 Å². The molecule has 1 aliphatic rings. The molecular weight excluding hydrogens is 468 g/mol. The number of esters is 1. The molecule has 1 amide bonds. The summed E-state index contributed by atoms with van der Waals surface area (Å²) < 4.78 is 5.79. The Kier molecular flexibility index (Phi) is 8.12. The Morgan fingerprint density at radius 3 is 2.59 bits per heavy atom. The highest BCUT2D eigenvalue weighted by Crippen LogP contribution is 2.30. The zero-order chi connectivity index (χ0) is 26.6. The standard InChI is InChI=1S/C29H36N4O4/c1-19-22(23-7-5-6-8-24(23)31-19)15-17-33-18-16-30-26(28(35)37-29(2,3)4)27(33)21-12-9-20(10-13-21)11-14-25(34)32-36/h5-14,26-27,30-31,36H,15-18H2,1-4H3,(H,32,34). The number of hydrogen-bond donors (Lipinski definition) is 4. The van der Waals surface area contributed by atoms with Crippen molar-refractivity contribution < 1.29 is 19.5 Å². The van der Waals surface area contributed by atoms with Gasteiger partial charge in [-0.1, -0.05) is 42.5 Å². The highest BCUT2D eigenvalue weighted by molar-refractivity contribution is 5.90. The van der Waals surface area contributed by atoms with Gasteiger partial charge in [-0.05, 0) is 62.9 Å². The lowest BCUT2D eigenvalue weighted by Gasteiger charge is -2.42. The van der Waals surface area contributed by atoms with Crippen molar-refractivity contribution in [3.8, 4) is 0 Å². The number of fused-ring (bicyclic) bond motifs is 1. The number of nitrogens with one attached hydrogen (secondary N) is 3. The third kappa shape index (κ3) is 6.46. The number of aryl methyl sites for hydroxylation is 1. The van der Waals surface area contributed by atoms with Gasteiger partial charge >= 0.3 is 5.97 Å². The molecule has 0 bridgehead atoms. The number of aromatic nitrogens is 1. The summed E-state index contributed by atoms with van der Waals surface area (Å²) in [4.78, 5) is 30.5. The van der Waals surface area contributed by atoms with E-state index in [1.165, 1.54) is 22.7 Å². The molecule has 2 unspecified atom stereocenters. The van der Waals surface area contributed by atoms with E-state index in [0.717, 1.165) is 36.2 Å². The summed E-state index contributed by atoms with van der Waals surface area (Å²) >= 11 is 0. The molecule has 1 saturated heterocycles. The van der Waals surface area contributed by atoms with Crippen molar-refractivity contribution in [2.24, 2.45) is 0 Å². The van der Waals surface area contributed by atoms with Gasteiger partial charge in [0, 0.05) is 42.3 Å². The number of nitrogens with zero attached hydrogens (tertiary/aromatic N) is 1. The Labute approximate surface area is 217 Å². The fraction of sp³-hybridized carbons (Fsp3) is 0.379. The maximum Gasteiger partial charge on any atom is 0.325 e. The van der Waals surface area contributed by atoms with Crippen LogP contribution in [-0.4, -0.2) is 58.2 Å². The first-order chi connectivity index (χ1) is 17.7. The summed E-state index contributed by atoms with van der Waals surface area (Å²) in [5, 5.41) is 13.3. The first-order valence-electron chi connectivity index (χ1n) is 12.6. The van der Waals surface area contributed by atoms with Gasteiger partial charge in [0.05, 0.1) is 6.04 Å². The van der Waals surface area contributed by atoms with Crippen LogP contribution in [0.5, 0.6) is 0 Å². The molecule has 8 nitrogen and oxygen atoms in total. The lowest BCUT2D eigenvalue weighted by atomic mass is 9.93. The van der Waals surface area contributed by atoms with Crippen LogP contribution in [0.3, 0.4) is 0 Å². The molecule has 1 aromatic heterocycles. The maximum atomic E-state index is 13.3. The van der Waals surface area contributed by atoms with Crippen LogP contribution < -0.4 is 10.8 Å². The molecule has 4 rings (SSSR count). The van der Waals surface area contributed by atoms with Gasteiger partial charge in [0.1, 0.15) is 11.6 Å². The number of carbonyl (C=O) groups is 2. The van der Waals surface area contributed by atoms with E-state index >= 15 is 0 Å². The van der Waals surface area contributed by atoms with Crippen molar-refractivity contribution in [1.82, 2.24) is 20.7 Å². The smallest absolute Gasteiger partial charge is 0.325 e. The minimum Gasteiger partial charge on any atom is -0.459 e. The van der Waals surface area contributed by atoms with Crippen LogP contribution in [0.25, 0.3) is 17.0 Å². The molecule has 3 aromatic rings. The Morgan fingerprint density at radius 2 is 1.89 bits per heavy atom. The summed E-state index contributed by atoms with van der Waals surface area (Å²) in [6.45, 7) is 10.0. The lowest BCUT2D eigenvalue weighted by Crippen LogP contribution is -2.57. The number of H-pyrrole nitrogens is 1. The lowest BCUT2D eigenvalue weighted by molar-refractivity contribution is -0.160. The zero-order valence-corrected chi connectivity index (χ0v) is 21.9. The average molecular weight is 505 g/mol. The quantitative estimate of drug-likeness (QED) is 0.168. The number of piperazine rings is 1. The van der Waals surface area contributed by atoms with Gasteiger partial charge < -0.3 is 15.0 Å². The van der Waals surface area contributed by atoms with Crippen LogP contribution >= 0.6 is 0 Å². The van der Waals surface area contributed by atoms with Crippen molar-refractivity contribution in [2.45, 2.75) is 51.8 Å². The predicted molar refractivity (Wildman–Crippen MR) is 144 cm³/mol. The molecule has 0 aliphatic carbocycles. The number of para-hydroxylation sites is 1. The summed E-state index contributed by atoms with van der Waals surface area (Å²) in [7, 11) is 0. The monoisotopic (exact) mass is 504 g/mol. The SMILES string of the molecule is Cc1[nH]c2ccccc2c1CCN1CCNC(C(=O)OC(C)(C)C)C1c1ccc(C=CC(=O)NO)cc1. The number of ether oxygens (including phenoxy) is 1. The van der Waals surface area contributed by atoms with Crippen LogP contribution in [0.2, 0.25) is 0 Å². The number of benzene rings is 2. The van der Waals surface area contributed by atoms with Crippen molar-refractivity contribution >= 4 is 28.9 Å². The Morgan fingerprint density at radius 1 is 1.16 bits per heavy atom. The molecule has 2 atom stereocenters. The first-order valence-corrected chi connectivity index (χ1v) is 12.6. The Bertz CT molecular complexity index is 1270. The van der Waals surface area contributed by atoms with E-state index in [1.807, 2.05) is 51.1 Å². The normalized spacial score (nSPS) is 18.8. The van der Waals surface area contributed by atoms with E-state index in [1.54, 1.807) is 11.6 Å². The average Bonchev–Trinajstić information content (AvgIpc) is 3.19. The predicted octanol–water partition coefficient (Wildman–Crippen LogP) is 3.89. The molecule has 2 aromatic carbocycles. The third-order valence-corrected chi connectivity index (χ3v) is 6.62. The molecule has 0 spiro atoms. The van der Waals surface area contributed by atoms with Crippen molar-refractivity contribution in [3.05, 3.63) is 77.0 Å². The number of hydrogen-bond acceptors (Lipinski definition) is 6. The summed E-state index contributed by atoms with van der Waals surface area (Å²) in [6.07, 6.45) is 3.73. The summed E-state index contributed by atoms with van der Waals surface area (Å²) in [5.41, 5.74) is 6.40. The third-order valence-electron chi connectivity index (χ3n) is 6.62. The molecule has 0 radical (unpaired) electrons. The minimum atomic E-state index is -0.593. The van der Waals surface area contributed by atoms with E-state index in [4.69, 9.17) is 9.94 Å². The number of aromatic amines is 1. The highest BCUT2D eigenvalue weighted by Gasteiger charge is 2.39. The topological polar surface area (TPSA) is 107 Å². The molecule has 1 aliphatic heterocycles. The van der Waals surface area contributed by atoms with Gasteiger partial charge in [-0.2, -0.15) is 0 Å². The van der Waals surface area contributed by atoms with Crippen LogP contribution in [0.15, 0.2) is 54.6 Å². The fourth-order valence-electron chi connectivity index (χ4n) is 4.98. The molecule has 37 heavy (non-hydrogen) atoms. The van der Waals surface area contributed by atoms with Crippen LogP contribution in [0.1, 0.15) is 49.2 Å². The minimum absolute atomic E-state index is 0.215.